The maximum atomic E-state index is 13.7. The fraction of sp³-hybridized carbons (Fsp3) is 0.500. The highest BCUT2D eigenvalue weighted by Gasteiger charge is 2.20. The highest BCUT2D eigenvalue weighted by Crippen LogP contribution is 2.26. The van der Waals surface area contributed by atoms with Crippen LogP contribution in [0.1, 0.15) is 31.9 Å². The Morgan fingerprint density at radius 2 is 2.11 bits per heavy atom. The maximum Gasteiger partial charge on any atom is 0.412 e. The number of benzene rings is 1. The van der Waals surface area contributed by atoms with Crippen molar-refractivity contribution in [3.8, 4) is 0 Å². The second kappa shape index (κ2) is 5.17. The molecule has 2 N–H and O–H groups in total. The topological polar surface area (TPSA) is 50.4 Å². The van der Waals surface area contributed by atoms with Gasteiger partial charge in [-0.05, 0) is 57.0 Å². The molecule has 1 aromatic carbocycles. The Morgan fingerprint density at radius 1 is 1.37 bits per heavy atom. The van der Waals surface area contributed by atoms with Crippen molar-refractivity contribution in [2.75, 3.05) is 11.9 Å². The van der Waals surface area contributed by atoms with Crippen molar-refractivity contribution in [3.63, 3.8) is 0 Å². The summed E-state index contributed by atoms with van der Waals surface area (Å²) in [7, 11) is 0. The van der Waals surface area contributed by atoms with Crippen LogP contribution in [0.3, 0.4) is 0 Å². The van der Waals surface area contributed by atoms with E-state index in [2.05, 4.69) is 10.6 Å². The molecule has 19 heavy (non-hydrogen) atoms. The van der Waals surface area contributed by atoms with Crippen molar-refractivity contribution in [2.24, 2.45) is 0 Å². The molecule has 1 aromatic rings. The second-order valence-corrected chi connectivity index (χ2v) is 5.61. The number of nitrogens with one attached hydrogen (secondary N) is 2. The minimum atomic E-state index is -0.553. The lowest BCUT2D eigenvalue weighted by atomic mass is 9.98. The monoisotopic (exact) mass is 266 g/mol. The van der Waals surface area contributed by atoms with E-state index in [-0.39, 0.29) is 5.82 Å². The Bertz CT molecular complexity index is 495. The van der Waals surface area contributed by atoms with E-state index in [4.69, 9.17) is 4.74 Å². The summed E-state index contributed by atoms with van der Waals surface area (Å²) in [5.41, 5.74) is 1.53. The van der Waals surface area contributed by atoms with Crippen LogP contribution in [-0.4, -0.2) is 18.2 Å². The zero-order valence-corrected chi connectivity index (χ0v) is 11.5. The van der Waals surface area contributed by atoms with E-state index in [0.29, 0.717) is 24.2 Å². The fourth-order valence-corrected chi connectivity index (χ4v) is 2.09. The number of anilines is 1. The second-order valence-electron chi connectivity index (χ2n) is 5.61. The van der Waals surface area contributed by atoms with Crippen molar-refractivity contribution in [2.45, 2.75) is 39.3 Å². The Hall–Kier alpha value is -1.62. The van der Waals surface area contributed by atoms with Gasteiger partial charge in [-0.15, -0.1) is 0 Å². The summed E-state index contributed by atoms with van der Waals surface area (Å²) in [5.74, 6) is -0.216. The number of fused-ring (bicyclic) bond motifs is 1. The van der Waals surface area contributed by atoms with Crippen molar-refractivity contribution in [1.82, 2.24) is 5.32 Å². The summed E-state index contributed by atoms with van der Waals surface area (Å²) >= 11 is 0. The van der Waals surface area contributed by atoms with E-state index in [0.717, 1.165) is 12.1 Å². The van der Waals surface area contributed by atoms with Gasteiger partial charge in [0.1, 0.15) is 11.4 Å². The molecule has 0 aliphatic carbocycles. The number of hydrogen-bond donors (Lipinski definition) is 2. The lowest BCUT2D eigenvalue weighted by Crippen LogP contribution is -2.29. The van der Waals surface area contributed by atoms with Crippen LogP contribution in [0.2, 0.25) is 0 Å². The lowest BCUT2D eigenvalue weighted by molar-refractivity contribution is 0.0635. The molecule has 0 saturated heterocycles. The summed E-state index contributed by atoms with van der Waals surface area (Å²) in [6.07, 6.45) is 0.109. The first-order chi connectivity index (χ1) is 8.87. The fourth-order valence-electron chi connectivity index (χ4n) is 2.09. The molecule has 2 rings (SSSR count). The third-order valence-electron chi connectivity index (χ3n) is 2.86. The minimum absolute atomic E-state index is 0.216. The van der Waals surface area contributed by atoms with Crippen LogP contribution in [0, 0.1) is 5.82 Å². The molecule has 1 aliphatic heterocycles. The molecule has 1 amide bonds. The Kier molecular flexibility index (Phi) is 3.75. The van der Waals surface area contributed by atoms with Gasteiger partial charge in [0.2, 0.25) is 0 Å². The molecule has 0 radical (unpaired) electrons. The largest absolute Gasteiger partial charge is 0.444 e. The van der Waals surface area contributed by atoms with E-state index in [9.17, 15) is 9.18 Å². The first-order valence-corrected chi connectivity index (χ1v) is 6.38. The first-order valence-electron chi connectivity index (χ1n) is 6.38. The highest BCUT2D eigenvalue weighted by molar-refractivity contribution is 5.86. The average Bonchev–Trinajstić information content (AvgIpc) is 2.31. The molecule has 0 saturated carbocycles. The van der Waals surface area contributed by atoms with Crippen molar-refractivity contribution in [3.05, 3.63) is 29.1 Å². The van der Waals surface area contributed by atoms with Gasteiger partial charge in [-0.25, -0.2) is 9.18 Å². The van der Waals surface area contributed by atoms with E-state index in [1.807, 2.05) is 0 Å². The van der Waals surface area contributed by atoms with Gasteiger partial charge >= 0.3 is 6.09 Å². The molecule has 0 bridgehead atoms. The van der Waals surface area contributed by atoms with Gasteiger partial charge < -0.3 is 10.1 Å². The van der Waals surface area contributed by atoms with Crippen LogP contribution >= 0.6 is 0 Å². The van der Waals surface area contributed by atoms with Crippen LogP contribution in [0.15, 0.2) is 12.1 Å². The van der Waals surface area contributed by atoms with Crippen molar-refractivity contribution in [1.29, 1.82) is 0 Å². The van der Waals surface area contributed by atoms with Crippen molar-refractivity contribution >= 4 is 11.8 Å². The van der Waals surface area contributed by atoms with E-state index >= 15 is 0 Å². The summed E-state index contributed by atoms with van der Waals surface area (Å²) in [6, 6.07) is 2.96. The first kappa shape index (κ1) is 13.8. The highest BCUT2D eigenvalue weighted by atomic mass is 19.1. The standard InChI is InChI=1S/C14H19FN2O2/c1-14(2,3)19-13(18)17-12-5-4-11(15)9-6-7-16-8-10(9)12/h4-5,16H,6-8H2,1-3H3,(H,17,18). The molecule has 0 spiro atoms. The molecule has 0 atom stereocenters. The van der Waals surface area contributed by atoms with E-state index in [1.54, 1.807) is 26.8 Å². The van der Waals surface area contributed by atoms with Crippen LogP contribution < -0.4 is 10.6 Å². The molecular formula is C14H19FN2O2. The molecule has 104 valence electrons. The van der Waals surface area contributed by atoms with Crippen LogP contribution in [-0.2, 0) is 17.7 Å². The van der Waals surface area contributed by atoms with Gasteiger partial charge in [0, 0.05) is 12.2 Å². The van der Waals surface area contributed by atoms with Crippen LogP contribution in [0.25, 0.3) is 0 Å². The lowest BCUT2D eigenvalue weighted by Gasteiger charge is -2.23. The van der Waals surface area contributed by atoms with Gasteiger partial charge in [0.15, 0.2) is 0 Å². The number of amides is 1. The molecular weight excluding hydrogens is 247 g/mol. The molecule has 5 heteroatoms. The third kappa shape index (κ3) is 3.44. The van der Waals surface area contributed by atoms with E-state index in [1.165, 1.54) is 6.07 Å². The van der Waals surface area contributed by atoms with E-state index < -0.39 is 11.7 Å². The van der Waals surface area contributed by atoms with Gasteiger partial charge in [-0.2, -0.15) is 0 Å². The van der Waals surface area contributed by atoms with Crippen LogP contribution in [0.4, 0.5) is 14.9 Å². The van der Waals surface area contributed by atoms with Gasteiger partial charge in [0.25, 0.3) is 0 Å². The number of hydrogen-bond acceptors (Lipinski definition) is 3. The summed E-state index contributed by atoms with van der Waals surface area (Å²) in [6.45, 7) is 6.70. The molecule has 0 aromatic heterocycles. The number of halogens is 1. The summed E-state index contributed by atoms with van der Waals surface area (Å²) in [4.78, 5) is 11.8. The summed E-state index contributed by atoms with van der Waals surface area (Å²) in [5, 5.41) is 5.86. The van der Waals surface area contributed by atoms with Crippen molar-refractivity contribution < 1.29 is 13.9 Å². The zero-order valence-electron chi connectivity index (χ0n) is 11.5. The quantitative estimate of drug-likeness (QED) is 0.821. The van der Waals surface area contributed by atoms with Gasteiger partial charge in [-0.1, -0.05) is 0 Å². The molecule has 0 fully saturated rings. The minimum Gasteiger partial charge on any atom is -0.444 e. The maximum absolute atomic E-state index is 13.7. The number of carbonyl (C=O) groups excluding carboxylic acids is 1. The smallest absolute Gasteiger partial charge is 0.412 e. The molecule has 1 aliphatic rings. The van der Waals surface area contributed by atoms with Gasteiger partial charge in [-0.3, -0.25) is 5.32 Å². The Balaban J connectivity index is 2.19. The van der Waals surface area contributed by atoms with Gasteiger partial charge in [0.05, 0.1) is 0 Å². The zero-order chi connectivity index (χ0) is 14.0. The molecule has 0 unspecified atom stereocenters. The molecule has 4 nitrogen and oxygen atoms in total. The molecule has 1 heterocycles. The average molecular weight is 266 g/mol. The van der Waals surface area contributed by atoms with Crippen LogP contribution in [0.5, 0.6) is 0 Å². The number of ether oxygens (including phenoxy) is 1. The predicted octanol–water partition coefficient (Wildman–Crippen LogP) is 2.82. The number of rotatable bonds is 1. The number of carbonyl (C=O) groups is 1. The normalized spacial score (nSPS) is 14.7. The Morgan fingerprint density at radius 3 is 2.79 bits per heavy atom. The Labute approximate surface area is 112 Å². The third-order valence-corrected chi connectivity index (χ3v) is 2.86. The SMILES string of the molecule is CC(C)(C)OC(=O)Nc1ccc(F)c2c1CNCC2. The summed E-state index contributed by atoms with van der Waals surface area (Å²) < 4.78 is 18.9. The predicted molar refractivity (Wildman–Crippen MR) is 71.7 cm³/mol.